The summed E-state index contributed by atoms with van der Waals surface area (Å²) in [6, 6.07) is 10.7. The summed E-state index contributed by atoms with van der Waals surface area (Å²) in [6.07, 6.45) is 0.432. The lowest BCUT2D eigenvalue weighted by molar-refractivity contribution is -0.137. The second kappa shape index (κ2) is 13.9. The number of hydrogen-bond donors (Lipinski definition) is 2. The van der Waals surface area contributed by atoms with E-state index in [1.165, 1.54) is 12.1 Å². The normalized spacial score (nSPS) is 18.7. The number of halogens is 5. The summed E-state index contributed by atoms with van der Waals surface area (Å²) in [5.74, 6) is 1.03. The van der Waals surface area contributed by atoms with E-state index in [1.54, 1.807) is 7.11 Å². The summed E-state index contributed by atoms with van der Waals surface area (Å²) in [4.78, 5) is 2.41. The van der Waals surface area contributed by atoms with E-state index in [0.29, 0.717) is 17.1 Å². The van der Waals surface area contributed by atoms with Gasteiger partial charge in [-0.2, -0.15) is 13.2 Å². The highest BCUT2D eigenvalue weighted by Crippen LogP contribution is 2.42. The van der Waals surface area contributed by atoms with Crippen LogP contribution in [-0.4, -0.2) is 55.4 Å². The van der Waals surface area contributed by atoms with Crippen molar-refractivity contribution in [1.82, 2.24) is 10.2 Å². The first-order valence-electron chi connectivity index (χ1n) is 12.4. The third-order valence-electron chi connectivity index (χ3n) is 7.28. The molecule has 4 rings (SSSR count). The van der Waals surface area contributed by atoms with Crippen LogP contribution in [0.15, 0.2) is 42.5 Å². The van der Waals surface area contributed by atoms with Crippen molar-refractivity contribution >= 4 is 24.8 Å². The summed E-state index contributed by atoms with van der Waals surface area (Å²) in [5, 5.41) is 15.1. The average Bonchev–Trinajstić information content (AvgIpc) is 2.87. The summed E-state index contributed by atoms with van der Waals surface area (Å²) < 4.78 is 50.0. The van der Waals surface area contributed by atoms with Gasteiger partial charge in [0.15, 0.2) is 11.5 Å². The van der Waals surface area contributed by atoms with Gasteiger partial charge in [0.2, 0.25) is 0 Å². The molecule has 1 saturated carbocycles. The number of benzene rings is 2. The fourth-order valence-electron chi connectivity index (χ4n) is 5.22. The Hall–Kier alpha value is -1.71. The van der Waals surface area contributed by atoms with Gasteiger partial charge in [0, 0.05) is 38.6 Å². The molecule has 2 aromatic carbocycles. The van der Waals surface area contributed by atoms with Crippen molar-refractivity contribution in [3.8, 4) is 11.5 Å². The predicted molar refractivity (Wildman–Crippen MR) is 143 cm³/mol. The van der Waals surface area contributed by atoms with E-state index in [9.17, 15) is 18.3 Å². The van der Waals surface area contributed by atoms with Crippen molar-refractivity contribution in [3.05, 3.63) is 59.2 Å². The molecule has 1 saturated heterocycles. The Kier molecular flexibility index (Phi) is 11.8. The summed E-state index contributed by atoms with van der Waals surface area (Å²) >= 11 is 0. The molecule has 0 aromatic heterocycles. The Morgan fingerprint density at radius 1 is 0.973 bits per heavy atom. The fraction of sp³-hybridized carbons (Fsp3) is 0.556. The van der Waals surface area contributed by atoms with Crippen molar-refractivity contribution in [2.75, 3.05) is 39.8 Å². The minimum atomic E-state index is -4.36. The Bertz CT molecular complexity index is 964. The third kappa shape index (κ3) is 8.14. The number of methoxy groups -OCH3 is 1. The molecule has 0 amide bonds. The van der Waals surface area contributed by atoms with Crippen LogP contribution in [-0.2, 0) is 12.8 Å². The summed E-state index contributed by atoms with van der Waals surface area (Å²) in [5.41, 5.74) is 0.222. The van der Waals surface area contributed by atoms with Gasteiger partial charge >= 0.3 is 6.18 Å². The number of alkyl halides is 3. The van der Waals surface area contributed by atoms with Gasteiger partial charge in [0.1, 0.15) is 6.61 Å². The lowest BCUT2D eigenvalue weighted by atomic mass is 9.72. The molecule has 1 aliphatic heterocycles. The molecule has 5 nitrogen and oxygen atoms in total. The van der Waals surface area contributed by atoms with Crippen molar-refractivity contribution in [2.24, 2.45) is 0 Å². The van der Waals surface area contributed by atoms with Gasteiger partial charge in [0.05, 0.1) is 18.3 Å². The quantitative estimate of drug-likeness (QED) is 0.423. The van der Waals surface area contributed by atoms with Crippen LogP contribution in [0.3, 0.4) is 0 Å². The van der Waals surface area contributed by atoms with Crippen LogP contribution in [0, 0.1) is 0 Å². The minimum Gasteiger partial charge on any atom is -0.493 e. The van der Waals surface area contributed by atoms with Crippen molar-refractivity contribution in [1.29, 1.82) is 0 Å². The number of rotatable bonds is 8. The monoisotopic (exact) mass is 564 g/mol. The molecule has 37 heavy (non-hydrogen) atoms. The first kappa shape index (κ1) is 31.5. The zero-order chi connectivity index (χ0) is 24.9. The highest BCUT2D eigenvalue weighted by Gasteiger charge is 2.40. The predicted octanol–water partition coefficient (Wildman–Crippen LogP) is 5.82. The minimum absolute atomic E-state index is 0. The maximum Gasteiger partial charge on any atom is 0.416 e. The van der Waals surface area contributed by atoms with Gasteiger partial charge < -0.3 is 24.8 Å². The van der Waals surface area contributed by atoms with Gasteiger partial charge in [-0.05, 0) is 48.2 Å². The van der Waals surface area contributed by atoms with Crippen LogP contribution in [0.25, 0.3) is 0 Å². The van der Waals surface area contributed by atoms with Crippen molar-refractivity contribution in [2.45, 2.75) is 56.4 Å². The molecule has 1 aliphatic carbocycles. The van der Waals surface area contributed by atoms with E-state index in [1.807, 2.05) is 18.2 Å². The maximum atomic E-state index is 12.8. The molecule has 208 valence electrons. The fourth-order valence-corrected chi connectivity index (χ4v) is 5.22. The van der Waals surface area contributed by atoms with Crippen LogP contribution in [0.1, 0.15) is 54.7 Å². The lowest BCUT2D eigenvalue weighted by Gasteiger charge is -2.42. The maximum absolute atomic E-state index is 12.8. The van der Waals surface area contributed by atoms with E-state index < -0.39 is 17.3 Å². The Morgan fingerprint density at radius 2 is 1.62 bits per heavy atom. The topological polar surface area (TPSA) is 54.0 Å². The average molecular weight is 566 g/mol. The molecular weight excluding hydrogens is 528 g/mol. The SMILES string of the molecule is COc1cc([C@H](CN2CCNCC2)C2(O)CCCCC2)ccc1OCc1ccc(C(F)(F)F)cc1.Cl.Cl. The smallest absolute Gasteiger partial charge is 0.416 e. The molecule has 2 N–H and O–H groups in total. The lowest BCUT2D eigenvalue weighted by Crippen LogP contribution is -2.49. The number of aliphatic hydroxyl groups is 1. The van der Waals surface area contributed by atoms with Gasteiger partial charge in [-0.15, -0.1) is 24.8 Å². The standard InChI is InChI=1S/C27H35F3N2O3.2ClH/c1-34-25-17-21(7-10-24(25)35-19-20-5-8-22(9-6-20)27(28,29)30)23(18-32-15-13-31-14-16-32)26(33)11-3-2-4-12-26;;/h5-10,17,23,31,33H,2-4,11-16,18-19H2,1H3;2*1H/t23-;;/m0../s1. The van der Waals surface area contributed by atoms with Crippen molar-refractivity contribution < 1.29 is 27.8 Å². The molecule has 2 aliphatic rings. The molecule has 10 heteroatoms. The molecule has 2 fully saturated rings. The molecule has 0 radical (unpaired) electrons. The van der Waals surface area contributed by atoms with E-state index in [2.05, 4.69) is 10.2 Å². The van der Waals surface area contributed by atoms with Gasteiger partial charge in [-0.3, -0.25) is 0 Å². The second-order valence-electron chi connectivity index (χ2n) is 9.66. The number of ether oxygens (including phenoxy) is 2. The Morgan fingerprint density at radius 3 is 2.22 bits per heavy atom. The number of nitrogens with zero attached hydrogens (tertiary/aromatic N) is 1. The second-order valence-corrected chi connectivity index (χ2v) is 9.66. The Labute approximate surface area is 229 Å². The van der Waals surface area contributed by atoms with Crippen LogP contribution >= 0.6 is 24.8 Å². The van der Waals surface area contributed by atoms with E-state index in [4.69, 9.17) is 9.47 Å². The molecule has 0 bridgehead atoms. The van der Waals surface area contributed by atoms with E-state index in [-0.39, 0.29) is 37.3 Å². The number of piperazine rings is 1. The van der Waals surface area contributed by atoms with Crippen LogP contribution in [0.2, 0.25) is 0 Å². The largest absolute Gasteiger partial charge is 0.493 e. The first-order valence-corrected chi connectivity index (χ1v) is 12.4. The van der Waals surface area contributed by atoms with Crippen molar-refractivity contribution in [3.63, 3.8) is 0 Å². The number of hydrogen-bond acceptors (Lipinski definition) is 5. The summed E-state index contributed by atoms with van der Waals surface area (Å²) in [6.45, 7) is 4.72. The highest BCUT2D eigenvalue weighted by atomic mass is 35.5. The Balaban J connectivity index is 0.00000241. The molecule has 1 heterocycles. The molecule has 0 spiro atoms. The van der Waals surface area contributed by atoms with Gasteiger partial charge in [-0.25, -0.2) is 0 Å². The van der Waals surface area contributed by atoms with Crippen LogP contribution < -0.4 is 14.8 Å². The van der Waals surface area contributed by atoms with E-state index >= 15 is 0 Å². The third-order valence-corrected chi connectivity index (χ3v) is 7.28. The van der Waals surface area contributed by atoms with Gasteiger partial charge in [0.25, 0.3) is 0 Å². The molecule has 2 aromatic rings. The molecule has 1 atom stereocenters. The highest BCUT2D eigenvalue weighted by molar-refractivity contribution is 5.85. The van der Waals surface area contributed by atoms with Crippen LogP contribution in [0.4, 0.5) is 13.2 Å². The zero-order valence-corrected chi connectivity index (χ0v) is 22.7. The molecular formula is C27H37Cl2F3N2O3. The first-order chi connectivity index (χ1) is 16.8. The number of nitrogens with one attached hydrogen (secondary N) is 1. The summed E-state index contributed by atoms with van der Waals surface area (Å²) in [7, 11) is 1.57. The van der Waals surface area contributed by atoms with Gasteiger partial charge in [-0.1, -0.05) is 37.5 Å². The zero-order valence-electron chi connectivity index (χ0n) is 21.1. The van der Waals surface area contributed by atoms with E-state index in [0.717, 1.165) is 82.5 Å². The van der Waals surface area contributed by atoms with Crippen LogP contribution in [0.5, 0.6) is 11.5 Å². The molecule has 0 unspecified atom stereocenters.